The summed E-state index contributed by atoms with van der Waals surface area (Å²) in [5.74, 6) is 0. The van der Waals surface area contributed by atoms with Crippen LogP contribution in [0.3, 0.4) is 0 Å². The smallest absolute Gasteiger partial charge is 0.0170 e. The van der Waals surface area contributed by atoms with Crippen LogP contribution < -0.4 is 0 Å². The summed E-state index contributed by atoms with van der Waals surface area (Å²) in [6.45, 7) is 6.89. The van der Waals surface area contributed by atoms with Gasteiger partial charge < -0.3 is 4.90 Å². The number of allylic oxidation sites excluding steroid dienone is 3. The molecule has 0 aliphatic carbocycles. The SMILES string of the molecule is C=C1C(Cl)=C[C-]=C(c2ccc(Br)cc2)N1CC.[Y]. The van der Waals surface area contributed by atoms with E-state index in [1.54, 1.807) is 6.08 Å². The Balaban J connectivity index is 0.00000162. The van der Waals surface area contributed by atoms with E-state index in [-0.39, 0.29) is 32.7 Å². The number of hydrogen-bond donors (Lipinski definition) is 0. The van der Waals surface area contributed by atoms with Gasteiger partial charge in [0.2, 0.25) is 0 Å². The second-order valence-corrected chi connectivity index (χ2v) is 5.01. The molecule has 1 aromatic carbocycles. The van der Waals surface area contributed by atoms with Crippen LogP contribution in [-0.2, 0) is 32.7 Å². The summed E-state index contributed by atoms with van der Waals surface area (Å²) in [6, 6.07) is 8.13. The van der Waals surface area contributed by atoms with Gasteiger partial charge >= 0.3 is 0 Å². The minimum atomic E-state index is 0. The summed E-state index contributed by atoms with van der Waals surface area (Å²) in [7, 11) is 0. The van der Waals surface area contributed by atoms with Crippen LogP contribution in [0.1, 0.15) is 12.5 Å². The van der Waals surface area contributed by atoms with Gasteiger partial charge in [-0.25, -0.2) is 0 Å². The van der Waals surface area contributed by atoms with Crippen molar-refractivity contribution >= 4 is 33.2 Å². The number of halogens is 2. The Bertz CT molecular complexity index is 505. The summed E-state index contributed by atoms with van der Waals surface area (Å²) in [5, 5.41) is 0.646. The minimum absolute atomic E-state index is 0. The van der Waals surface area contributed by atoms with Crippen LogP contribution in [0.2, 0.25) is 0 Å². The Kier molecular flexibility index (Phi) is 6.33. The van der Waals surface area contributed by atoms with Gasteiger partial charge in [0, 0.05) is 43.7 Å². The fourth-order valence-electron chi connectivity index (χ4n) is 1.75. The first-order chi connectivity index (χ1) is 8.13. The maximum Gasteiger partial charge on any atom is 0.0170 e. The predicted molar refractivity (Wildman–Crippen MR) is 76.2 cm³/mol. The molecular formula is C14H12BrClNY-. The first-order valence-corrected chi connectivity index (χ1v) is 6.52. The second-order valence-electron chi connectivity index (χ2n) is 3.68. The average molecular weight is 399 g/mol. The molecule has 4 heteroatoms. The van der Waals surface area contributed by atoms with E-state index < -0.39 is 0 Å². The molecule has 0 saturated carbocycles. The number of benzene rings is 1. The molecule has 1 aliphatic rings. The summed E-state index contributed by atoms with van der Waals surface area (Å²) >= 11 is 9.48. The van der Waals surface area contributed by atoms with E-state index in [4.69, 9.17) is 11.6 Å². The van der Waals surface area contributed by atoms with Gasteiger partial charge in [0.15, 0.2) is 0 Å². The van der Waals surface area contributed by atoms with Crippen LogP contribution in [0, 0.1) is 6.08 Å². The number of likely N-dealkylation sites (N-methyl/N-ethyl adjacent to an activating group) is 1. The number of nitrogens with zero attached hydrogens (tertiary/aromatic N) is 1. The van der Waals surface area contributed by atoms with Gasteiger partial charge in [0.05, 0.1) is 0 Å². The summed E-state index contributed by atoms with van der Waals surface area (Å²) < 4.78 is 1.06. The van der Waals surface area contributed by atoms with Gasteiger partial charge in [-0.1, -0.05) is 45.9 Å². The van der Waals surface area contributed by atoms with E-state index in [9.17, 15) is 0 Å². The van der Waals surface area contributed by atoms with Crippen molar-refractivity contribution in [3.05, 3.63) is 63.8 Å². The monoisotopic (exact) mass is 397 g/mol. The third kappa shape index (κ3) is 3.36. The van der Waals surface area contributed by atoms with E-state index in [0.29, 0.717) is 5.03 Å². The minimum Gasteiger partial charge on any atom is -0.374 e. The normalized spacial score (nSPS) is 14.8. The fraction of sp³-hybridized carbons (Fsp3) is 0.143. The largest absolute Gasteiger partial charge is 0.374 e. The Morgan fingerprint density at radius 1 is 1.33 bits per heavy atom. The van der Waals surface area contributed by atoms with Crippen molar-refractivity contribution in [2.45, 2.75) is 6.92 Å². The van der Waals surface area contributed by atoms with E-state index in [2.05, 4.69) is 52.5 Å². The third-order valence-corrected chi connectivity index (χ3v) is 3.50. The van der Waals surface area contributed by atoms with E-state index in [0.717, 1.165) is 28.0 Å². The van der Waals surface area contributed by atoms with Crippen molar-refractivity contribution in [2.75, 3.05) is 6.54 Å². The first kappa shape index (κ1) is 16.2. The fourth-order valence-corrected chi connectivity index (χ4v) is 2.17. The topological polar surface area (TPSA) is 3.24 Å². The molecule has 0 N–H and O–H groups in total. The molecule has 0 spiro atoms. The summed E-state index contributed by atoms with van der Waals surface area (Å²) in [6.07, 6.45) is 4.98. The van der Waals surface area contributed by atoms with Gasteiger partial charge in [-0.3, -0.25) is 0 Å². The summed E-state index contributed by atoms with van der Waals surface area (Å²) in [4.78, 5) is 2.06. The third-order valence-electron chi connectivity index (χ3n) is 2.64. The molecule has 0 unspecified atom stereocenters. The molecule has 0 fully saturated rings. The second kappa shape index (κ2) is 7.05. The Morgan fingerprint density at radius 3 is 2.50 bits per heavy atom. The average Bonchev–Trinajstić information content (AvgIpc) is 2.34. The van der Waals surface area contributed by atoms with E-state index in [1.807, 2.05) is 12.1 Å². The molecule has 0 saturated heterocycles. The molecule has 2 rings (SSSR count). The quantitative estimate of drug-likeness (QED) is 0.660. The van der Waals surface area contributed by atoms with Gasteiger partial charge in [0.1, 0.15) is 0 Å². The molecule has 1 nitrogen and oxygen atoms in total. The predicted octanol–water partition coefficient (Wildman–Crippen LogP) is 4.56. The Labute approximate surface area is 147 Å². The first-order valence-electron chi connectivity index (χ1n) is 5.35. The van der Waals surface area contributed by atoms with Crippen LogP contribution in [0.15, 0.2) is 52.1 Å². The molecule has 1 aromatic rings. The van der Waals surface area contributed by atoms with Gasteiger partial charge in [-0.15, -0.1) is 12.1 Å². The maximum absolute atomic E-state index is 6.06. The van der Waals surface area contributed by atoms with Gasteiger partial charge in [-0.2, -0.15) is 23.8 Å². The van der Waals surface area contributed by atoms with Crippen molar-refractivity contribution in [2.24, 2.45) is 0 Å². The molecule has 18 heavy (non-hydrogen) atoms. The van der Waals surface area contributed by atoms with Gasteiger partial charge in [0.25, 0.3) is 0 Å². The molecule has 91 valence electrons. The number of hydrogen-bond acceptors (Lipinski definition) is 1. The van der Waals surface area contributed by atoms with Crippen molar-refractivity contribution < 1.29 is 32.7 Å². The van der Waals surface area contributed by atoms with Crippen LogP contribution in [-0.4, -0.2) is 11.4 Å². The van der Waals surface area contributed by atoms with Crippen LogP contribution in [0.4, 0.5) is 0 Å². The van der Waals surface area contributed by atoms with Crippen molar-refractivity contribution in [3.8, 4) is 0 Å². The molecular weight excluding hydrogens is 386 g/mol. The van der Waals surface area contributed by atoms with Crippen molar-refractivity contribution in [1.82, 2.24) is 4.90 Å². The van der Waals surface area contributed by atoms with E-state index in [1.165, 1.54) is 0 Å². The van der Waals surface area contributed by atoms with Gasteiger partial charge in [-0.05, 0) is 17.7 Å². The zero-order valence-corrected chi connectivity index (χ0v) is 15.3. The molecule has 1 heterocycles. The zero-order valence-electron chi connectivity index (χ0n) is 10.1. The van der Waals surface area contributed by atoms with E-state index >= 15 is 0 Å². The summed E-state index contributed by atoms with van der Waals surface area (Å²) in [5.41, 5.74) is 2.94. The molecule has 0 amide bonds. The van der Waals surface area contributed by atoms with Crippen molar-refractivity contribution in [3.63, 3.8) is 0 Å². The molecule has 0 bridgehead atoms. The van der Waals surface area contributed by atoms with Crippen LogP contribution in [0.25, 0.3) is 5.70 Å². The molecule has 1 radical (unpaired) electrons. The van der Waals surface area contributed by atoms with Crippen LogP contribution in [0.5, 0.6) is 0 Å². The van der Waals surface area contributed by atoms with Crippen molar-refractivity contribution in [1.29, 1.82) is 0 Å². The molecule has 0 aromatic heterocycles. The van der Waals surface area contributed by atoms with Crippen LogP contribution >= 0.6 is 27.5 Å². The standard InChI is InChI=1S/C14H12BrClN.Y/c1-3-17-10(2)13(16)8-9-14(17)11-4-6-12(15)7-5-11;/h4-8H,2-3H2,1H3;/q-1;. The number of rotatable bonds is 2. The Morgan fingerprint density at radius 2 is 1.94 bits per heavy atom. The molecule has 1 aliphatic heterocycles. The zero-order chi connectivity index (χ0) is 12.4. The Hall–Kier alpha value is 0.114. The maximum atomic E-state index is 6.06. The molecule has 0 atom stereocenters.